The van der Waals surface area contributed by atoms with E-state index in [0.717, 1.165) is 45.3 Å². The summed E-state index contributed by atoms with van der Waals surface area (Å²) < 4.78 is 27.6. The van der Waals surface area contributed by atoms with Crippen molar-refractivity contribution in [3.05, 3.63) is 29.8 Å². The third kappa shape index (κ3) is 5.58. The number of hydrogen-bond donors (Lipinski definition) is 1. The zero-order valence-electron chi connectivity index (χ0n) is 17.9. The molecule has 0 spiro atoms. The van der Waals surface area contributed by atoms with Crippen LogP contribution in [0, 0.1) is 11.8 Å². The van der Waals surface area contributed by atoms with Crippen LogP contribution >= 0.6 is 0 Å². The van der Waals surface area contributed by atoms with Gasteiger partial charge in [0.2, 0.25) is 10.0 Å². The first-order valence-electron chi connectivity index (χ1n) is 10.9. The molecule has 2 fully saturated rings. The second-order valence-corrected chi connectivity index (χ2v) is 10.8. The van der Waals surface area contributed by atoms with Gasteiger partial charge >= 0.3 is 0 Å². The van der Waals surface area contributed by atoms with E-state index < -0.39 is 10.0 Å². The monoisotopic (exact) mass is 421 g/mol. The number of amides is 1. The second kappa shape index (κ2) is 9.58. The maximum atomic E-state index is 13.0. The van der Waals surface area contributed by atoms with E-state index in [0.29, 0.717) is 30.5 Å². The summed E-state index contributed by atoms with van der Waals surface area (Å²) in [5.41, 5.74) is 0.514. The molecule has 2 heterocycles. The highest BCUT2D eigenvalue weighted by atomic mass is 32.2. The van der Waals surface area contributed by atoms with Gasteiger partial charge in [-0.05, 0) is 68.3 Å². The van der Waals surface area contributed by atoms with Gasteiger partial charge < -0.3 is 10.2 Å². The average Bonchev–Trinajstić information content (AvgIpc) is 2.69. The Balaban J connectivity index is 1.60. The minimum atomic E-state index is -3.51. The van der Waals surface area contributed by atoms with Crippen molar-refractivity contribution in [2.75, 3.05) is 32.7 Å². The van der Waals surface area contributed by atoms with E-state index in [4.69, 9.17) is 0 Å². The molecule has 0 aliphatic carbocycles. The summed E-state index contributed by atoms with van der Waals surface area (Å²) in [6.45, 7) is 10.6. The molecule has 0 radical (unpaired) electrons. The van der Waals surface area contributed by atoms with E-state index in [1.165, 1.54) is 0 Å². The van der Waals surface area contributed by atoms with E-state index >= 15 is 0 Å². The molecule has 1 N–H and O–H groups in total. The van der Waals surface area contributed by atoms with Crippen molar-refractivity contribution in [3.8, 4) is 0 Å². The van der Waals surface area contributed by atoms with Crippen LogP contribution in [0.5, 0.6) is 0 Å². The van der Waals surface area contributed by atoms with Crippen molar-refractivity contribution in [3.63, 3.8) is 0 Å². The maximum absolute atomic E-state index is 13.0. The van der Waals surface area contributed by atoms with Crippen molar-refractivity contribution in [1.82, 2.24) is 14.5 Å². The van der Waals surface area contributed by atoms with Gasteiger partial charge in [-0.15, -0.1) is 0 Å². The zero-order valence-corrected chi connectivity index (χ0v) is 18.7. The van der Waals surface area contributed by atoms with Crippen LogP contribution in [0.4, 0.5) is 0 Å². The fourth-order valence-corrected chi connectivity index (χ4v) is 6.29. The van der Waals surface area contributed by atoms with Gasteiger partial charge in [-0.2, -0.15) is 4.31 Å². The first kappa shape index (κ1) is 22.2. The van der Waals surface area contributed by atoms with E-state index in [2.05, 4.69) is 31.0 Å². The van der Waals surface area contributed by atoms with Crippen molar-refractivity contribution in [2.24, 2.45) is 11.8 Å². The van der Waals surface area contributed by atoms with Gasteiger partial charge in [0.15, 0.2) is 0 Å². The summed E-state index contributed by atoms with van der Waals surface area (Å²) in [6.07, 6.45) is 4.14. The molecule has 6 nitrogen and oxygen atoms in total. The highest BCUT2D eigenvalue weighted by molar-refractivity contribution is 7.89. The zero-order chi connectivity index (χ0) is 21.0. The van der Waals surface area contributed by atoms with Crippen LogP contribution in [-0.2, 0) is 10.0 Å². The number of likely N-dealkylation sites (tertiary alicyclic amines) is 1. The van der Waals surface area contributed by atoms with Crippen LogP contribution < -0.4 is 5.32 Å². The van der Waals surface area contributed by atoms with E-state index in [1.807, 2.05) is 0 Å². The molecule has 162 valence electrons. The number of carbonyl (C=O) groups excluding carboxylic acids is 1. The summed E-state index contributed by atoms with van der Waals surface area (Å²) >= 11 is 0. The Kier molecular flexibility index (Phi) is 7.35. The molecule has 0 unspecified atom stereocenters. The third-order valence-corrected chi connectivity index (χ3v) is 7.90. The van der Waals surface area contributed by atoms with Crippen LogP contribution in [0.25, 0.3) is 0 Å². The Bertz CT molecular complexity index is 776. The topological polar surface area (TPSA) is 69.7 Å². The molecule has 2 aliphatic rings. The lowest BCUT2D eigenvalue weighted by Gasteiger charge is -2.34. The minimum Gasteiger partial charge on any atom is -0.349 e. The average molecular weight is 422 g/mol. The molecule has 0 aromatic heterocycles. The summed E-state index contributed by atoms with van der Waals surface area (Å²) in [6, 6.07) is 6.59. The lowest BCUT2D eigenvalue weighted by Crippen LogP contribution is -2.44. The van der Waals surface area contributed by atoms with Crippen molar-refractivity contribution in [2.45, 2.75) is 57.4 Å². The molecule has 0 saturated carbocycles. The molecule has 2 saturated heterocycles. The van der Waals surface area contributed by atoms with Gasteiger partial charge in [-0.1, -0.05) is 20.8 Å². The number of rotatable bonds is 6. The van der Waals surface area contributed by atoms with E-state index in [1.54, 1.807) is 28.6 Å². The number of nitrogens with one attached hydrogen (secondary N) is 1. The molecular formula is C22H35N3O3S. The Morgan fingerprint density at radius 1 is 1.07 bits per heavy atom. The quantitative estimate of drug-likeness (QED) is 0.767. The van der Waals surface area contributed by atoms with Gasteiger partial charge in [0.05, 0.1) is 4.90 Å². The summed E-state index contributed by atoms with van der Waals surface area (Å²) in [7, 11) is -3.51. The normalized spacial score (nSPS) is 25.1. The molecule has 3 rings (SSSR count). The Labute approximate surface area is 175 Å². The fourth-order valence-electron chi connectivity index (χ4n) is 4.62. The number of nitrogens with zero attached hydrogens (tertiary/aromatic N) is 2. The third-order valence-electron chi connectivity index (χ3n) is 6.05. The summed E-state index contributed by atoms with van der Waals surface area (Å²) in [5, 5.41) is 3.11. The lowest BCUT2D eigenvalue weighted by molar-refractivity contribution is 0.0911. The summed E-state index contributed by atoms with van der Waals surface area (Å²) in [4.78, 5) is 15.3. The van der Waals surface area contributed by atoms with Crippen LogP contribution in [0.1, 0.15) is 56.8 Å². The summed E-state index contributed by atoms with van der Waals surface area (Å²) in [5.74, 6) is 0.604. The van der Waals surface area contributed by atoms with Gasteiger partial charge in [-0.25, -0.2) is 8.42 Å². The van der Waals surface area contributed by atoms with Crippen molar-refractivity contribution >= 4 is 15.9 Å². The molecular weight excluding hydrogens is 386 g/mol. The van der Waals surface area contributed by atoms with Gasteiger partial charge in [0.1, 0.15) is 0 Å². The first-order valence-corrected chi connectivity index (χ1v) is 12.4. The van der Waals surface area contributed by atoms with Crippen molar-refractivity contribution < 1.29 is 13.2 Å². The maximum Gasteiger partial charge on any atom is 0.251 e. The number of benzene rings is 1. The van der Waals surface area contributed by atoms with E-state index in [-0.39, 0.29) is 16.8 Å². The van der Waals surface area contributed by atoms with Gasteiger partial charge in [0.25, 0.3) is 5.91 Å². The van der Waals surface area contributed by atoms with Crippen LogP contribution in [0.15, 0.2) is 29.2 Å². The largest absolute Gasteiger partial charge is 0.349 e. The standard InChI is InChI=1S/C22H35N3O3S/c1-4-11-24-12-9-20(10-13-24)23-22(26)19-5-7-21(8-6-19)29(27,28)25-15-17(2)14-18(3)16-25/h5-8,17-18,20H,4,9-16H2,1-3H3,(H,23,26)/t17-,18-/m1/s1. The Morgan fingerprint density at radius 3 is 2.21 bits per heavy atom. The Morgan fingerprint density at radius 2 is 1.66 bits per heavy atom. The predicted octanol–water partition coefficient (Wildman–Crippen LogP) is 2.96. The van der Waals surface area contributed by atoms with Gasteiger partial charge in [0, 0.05) is 37.8 Å². The molecule has 0 bridgehead atoms. The molecule has 1 aromatic carbocycles. The number of sulfonamides is 1. The predicted molar refractivity (Wildman–Crippen MR) is 115 cm³/mol. The molecule has 2 aliphatic heterocycles. The van der Waals surface area contributed by atoms with Crippen LogP contribution in [-0.4, -0.2) is 62.3 Å². The highest BCUT2D eigenvalue weighted by Crippen LogP contribution is 2.26. The molecule has 1 aromatic rings. The Hall–Kier alpha value is -1.44. The number of carbonyl (C=O) groups is 1. The fraction of sp³-hybridized carbons (Fsp3) is 0.682. The molecule has 2 atom stereocenters. The smallest absolute Gasteiger partial charge is 0.251 e. The van der Waals surface area contributed by atoms with Crippen molar-refractivity contribution in [1.29, 1.82) is 0 Å². The van der Waals surface area contributed by atoms with Gasteiger partial charge in [-0.3, -0.25) is 4.79 Å². The highest BCUT2D eigenvalue weighted by Gasteiger charge is 2.31. The SMILES string of the molecule is CCCN1CCC(NC(=O)c2ccc(S(=O)(=O)N3C[C@H](C)C[C@@H](C)C3)cc2)CC1. The number of piperidine rings is 2. The molecule has 7 heteroatoms. The van der Waals surface area contributed by atoms with Crippen LogP contribution in [0.2, 0.25) is 0 Å². The lowest BCUT2D eigenvalue weighted by atomic mass is 9.94. The minimum absolute atomic E-state index is 0.122. The second-order valence-electron chi connectivity index (χ2n) is 8.88. The van der Waals surface area contributed by atoms with Crippen LogP contribution in [0.3, 0.4) is 0 Å². The molecule has 1 amide bonds. The first-order chi connectivity index (χ1) is 13.8. The van der Waals surface area contributed by atoms with E-state index in [9.17, 15) is 13.2 Å². The number of hydrogen-bond acceptors (Lipinski definition) is 4. The molecule has 29 heavy (non-hydrogen) atoms.